The van der Waals surface area contributed by atoms with Crippen LogP contribution in [0.3, 0.4) is 0 Å². The van der Waals surface area contributed by atoms with Crippen LogP contribution in [0, 0.1) is 6.92 Å². The number of hydrogen-bond acceptors (Lipinski definition) is 6. The number of aromatic nitrogens is 4. The van der Waals surface area contributed by atoms with Crippen LogP contribution in [0.5, 0.6) is 0 Å². The fourth-order valence-electron chi connectivity index (χ4n) is 3.01. The zero-order valence-electron chi connectivity index (χ0n) is 15.5. The van der Waals surface area contributed by atoms with Gasteiger partial charge in [0.15, 0.2) is 5.65 Å². The summed E-state index contributed by atoms with van der Waals surface area (Å²) in [6.07, 6.45) is 1.96. The Hall–Kier alpha value is -3.52. The Balaban J connectivity index is 1.56. The van der Waals surface area contributed by atoms with E-state index in [1.165, 1.54) is 0 Å². The first-order valence-electron chi connectivity index (χ1n) is 8.78. The van der Waals surface area contributed by atoms with Gasteiger partial charge in [-0.05, 0) is 30.2 Å². The molecule has 4 aromatic rings. The lowest BCUT2D eigenvalue weighted by Crippen LogP contribution is -2.15. The molecule has 0 bridgehead atoms. The minimum Gasteiger partial charge on any atom is -0.380 e. The van der Waals surface area contributed by atoms with Crippen LogP contribution < -0.4 is 5.32 Å². The fraction of sp³-hybridized carbons (Fsp3) is 0.200. The first-order chi connectivity index (χ1) is 13.6. The summed E-state index contributed by atoms with van der Waals surface area (Å²) in [4.78, 5) is 16.5. The van der Waals surface area contributed by atoms with Gasteiger partial charge in [0.2, 0.25) is 11.9 Å². The fourth-order valence-corrected chi connectivity index (χ4v) is 3.01. The van der Waals surface area contributed by atoms with E-state index in [0.29, 0.717) is 18.0 Å². The van der Waals surface area contributed by atoms with Gasteiger partial charge in [0.05, 0.1) is 18.7 Å². The largest absolute Gasteiger partial charge is 0.380 e. The standard InChI is InChI=1S/C20H19N5O3/c1-13-9-16(28-24-13)10-19(26)22-20-21-18-8-7-14(11-25(18)23-20)17-6-4-3-5-15(17)12-27-2/h3-9,11H,10,12H2,1-2H3,(H,22,23,26). The van der Waals surface area contributed by atoms with Gasteiger partial charge in [-0.3, -0.25) is 10.1 Å². The van der Waals surface area contributed by atoms with E-state index >= 15 is 0 Å². The SMILES string of the molecule is COCc1ccccc1-c1ccc2nc(NC(=O)Cc3cc(C)no3)nn2c1. The lowest BCUT2D eigenvalue weighted by atomic mass is 10.0. The van der Waals surface area contributed by atoms with Gasteiger partial charge >= 0.3 is 0 Å². The third-order valence-corrected chi connectivity index (χ3v) is 4.22. The summed E-state index contributed by atoms with van der Waals surface area (Å²) in [5, 5.41) is 10.8. The van der Waals surface area contributed by atoms with Crippen LogP contribution in [0.2, 0.25) is 0 Å². The molecule has 4 rings (SSSR count). The minimum absolute atomic E-state index is 0.0754. The number of hydrogen-bond donors (Lipinski definition) is 1. The molecule has 0 aliphatic rings. The Labute approximate surface area is 161 Å². The molecule has 8 nitrogen and oxygen atoms in total. The zero-order chi connectivity index (χ0) is 19.5. The van der Waals surface area contributed by atoms with Gasteiger partial charge in [0.25, 0.3) is 0 Å². The summed E-state index contributed by atoms with van der Waals surface area (Å²) in [5.74, 6) is 0.470. The van der Waals surface area contributed by atoms with Crippen LogP contribution in [-0.2, 0) is 22.6 Å². The Bertz CT molecular complexity index is 1130. The number of aryl methyl sites for hydroxylation is 1. The molecule has 0 unspecified atom stereocenters. The van der Waals surface area contributed by atoms with E-state index in [0.717, 1.165) is 22.4 Å². The molecule has 0 radical (unpaired) electrons. The third kappa shape index (κ3) is 3.77. The lowest BCUT2D eigenvalue weighted by molar-refractivity contribution is -0.115. The monoisotopic (exact) mass is 377 g/mol. The number of benzene rings is 1. The van der Waals surface area contributed by atoms with Crippen molar-refractivity contribution in [3.63, 3.8) is 0 Å². The van der Waals surface area contributed by atoms with Gasteiger partial charge in [-0.25, -0.2) is 4.52 Å². The van der Waals surface area contributed by atoms with Crippen molar-refractivity contribution in [2.24, 2.45) is 0 Å². The van der Waals surface area contributed by atoms with Crippen LogP contribution in [0.25, 0.3) is 16.8 Å². The van der Waals surface area contributed by atoms with E-state index < -0.39 is 0 Å². The molecule has 1 amide bonds. The second kappa shape index (κ2) is 7.61. The van der Waals surface area contributed by atoms with Gasteiger partial charge in [-0.2, -0.15) is 4.98 Å². The second-order valence-electron chi connectivity index (χ2n) is 6.41. The van der Waals surface area contributed by atoms with Crippen molar-refractivity contribution in [3.8, 4) is 11.1 Å². The molecule has 0 saturated carbocycles. The van der Waals surface area contributed by atoms with Crippen molar-refractivity contribution in [2.45, 2.75) is 20.0 Å². The number of methoxy groups -OCH3 is 1. The molecule has 0 atom stereocenters. The predicted molar refractivity (Wildman–Crippen MR) is 103 cm³/mol. The van der Waals surface area contributed by atoms with Crippen molar-refractivity contribution in [3.05, 3.63) is 65.7 Å². The van der Waals surface area contributed by atoms with Gasteiger partial charge in [-0.15, -0.1) is 5.10 Å². The average molecular weight is 377 g/mol. The van der Waals surface area contributed by atoms with Crippen molar-refractivity contribution in [1.29, 1.82) is 0 Å². The van der Waals surface area contributed by atoms with Crippen LogP contribution in [0.15, 0.2) is 53.2 Å². The number of carbonyl (C=O) groups excluding carboxylic acids is 1. The van der Waals surface area contributed by atoms with Crippen molar-refractivity contribution >= 4 is 17.5 Å². The van der Waals surface area contributed by atoms with Crippen LogP contribution >= 0.6 is 0 Å². The number of fused-ring (bicyclic) bond motifs is 1. The summed E-state index contributed by atoms with van der Waals surface area (Å²) in [5.41, 5.74) is 4.50. The molecule has 0 aliphatic heterocycles. The number of nitrogens with one attached hydrogen (secondary N) is 1. The maximum absolute atomic E-state index is 12.2. The molecule has 8 heteroatoms. The molecule has 3 heterocycles. The summed E-state index contributed by atoms with van der Waals surface area (Å²) in [6.45, 7) is 2.32. The lowest BCUT2D eigenvalue weighted by Gasteiger charge is -2.08. The highest BCUT2D eigenvalue weighted by molar-refractivity contribution is 5.90. The Morgan fingerprint density at radius 2 is 2.11 bits per heavy atom. The van der Waals surface area contributed by atoms with E-state index in [1.807, 2.05) is 42.6 Å². The van der Waals surface area contributed by atoms with E-state index in [9.17, 15) is 4.79 Å². The predicted octanol–water partition coefficient (Wildman–Crippen LogP) is 3.02. The van der Waals surface area contributed by atoms with E-state index in [2.05, 4.69) is 20.6 Å². The first kappa shape index (κ1) is 17.9. The highest BCUT2D eigenvalue weighted by atomic mass is 16.5. The number of ether oxygens (including phenoxy) is 1. The molecular formula is C20H19N5O3. The Morgan fingerprint density at radius 1 is 1.25 bits per heavy atom. The number of carbonyl (C=O) groups is 1. The highest BCUT2D eigenvalue weighted by Crippen LogP contribution is 2.24. The molecule has 3 aromatic heterocycles. The Kier molecular flexibility index (Phi) is 4.86. The molecule has 1 aromatic carbocycles. The number of rotatable bonds is 6. The highest BCUT2D eigenvalue weighted by Gasteiger charge is 2.12. The summed E-state index contributed by atoms with van der Waals surface area (Å²) in [6, 6.07) is 13.6. The normalized spacial score (nSPS) is 11.1. The molecule has 0 saturated heterocycles. The second-order valence-corrected chi connectivity index (χ2v) is 6.41. The number of nitrogens with zero attached hydrogens (tertiary/aromatic N) is 4. The molecule has 1 N–H and O–H groups in total. The van der Waals surface area contributed by atoms with Crippen molar-refractivity contribution < 1.29 is 14.1 Å². The van der Waals surface area contributed by atoms with Gasteiger partial charge < -0.3 is 9.26 Å². The number of anilines is 1. The number of pyridine rings is 1. The average Bonchev–Trinajstić information content (AvgIpc) is 3.26. The minimum atomic E-state index is -0.266. The smallest absolute Gasteiger partial charge is 0.249 e. The molecule has 28 heavy (non-hydrogen) atoms. The van der Waals surface area contributed by atoms with E-state index in [-0.39, 0.29) is 18.3 Å². The Morgan fingerprint density at radius 3 is 2.89 bits per heavy atom. The topological polar surface area (TPSA) is 94.5 Å². The first-order valence-corrected chi connectivity index (χ1v) is 8.78. The summed E-state index contributed by atoms with van der Waals surface area (Å²) >= 11 is 0. The summed E-state index contributed by atoms with van der Waals surface area (Å²) < 4.78 is 12.0. The van der Waals surface area contributed by atoms with Crippen molar-refractivity contribution in [1.82, 2.24) is 19.8 Å². The third-order valence-electron chi connectivity index (χ3n) is 4.22. The molecule has 0 spiro atoms. The van der Waals surface area contributed by atoms with Crippen molar-refractivity contribution in [2.75, 3.05) is 12.4 Å². The van der Waals surface area contributed by atoms with Gasteiger partial charge in [0.1, 0.15) is 5.76 Å². The van der Waals surface area contributed by atoms with Crippen LogP contribution in [-0.4, -0.2) is 32.8 Å². The van der Waals surface area contributed by atoms with E-state index in [4.69, 9.17) is 9.26 Å². The maximum Gasteiger partial charge on any atom is 0.249 e. The zero-order valence-corrected chi connectivity index (χ0v) is 15.5. The number of amides is 1. The van der Waals surface area contributed by atoms with Gasteiger partial charge in [-0.1, -0.05) is 29.4 Å². The maximum atomic E-state index is 12.2. The quantitative estimate of drug-likeness (QED) is 0.555. The molecule has 0 aliphatic carbocycles. The van der Waals surface area contributed by atoms with Gasteiger partial charge in [0, 0.05) is 24.9 Å². The van der Waals surface area contributed by atoms with E-state index in [1.54, 1.807) is 24.6 Å². The van der Waals surface area contributed by atoms with Crippen LogP contribution in [0.1, 0.15) is 17.0 Å². The molecular weight excluding hydrogens is 358 g/mol. The molecule has 142 valence electrons. The molecule has 0 fully saturated rings. The summed E-state index contributed by atoms with van der Waals surface area (Å²) in [7, 11) is 1.67. The van der Waals surface area contributed by atoms with Crippen LogP contribution in [0.4, 0.5) is 5.95 Å².